The summed E-state index contributed by atoms with van der Waals surface area (Å²) >= 11 is 2.89. The van der Waals surface area contributed by atoms with E-state index in [-0.39, 0.29) is 17.2 Å². The van der Waals surface area contributed by atoms with E-state index in [0.717, 1.165) is 35.9 Å². The highest BCUT2D eigenvalue weighted by Crippen LogP contribution is 2.34. The van der Waals surface area contributed by atoms with Crippen molar-refractivity contribution < 1.29 is 4.79 Å². The lowest BCUT2D eigenvalue weighted by Gasteiger charge is -2.12. The number of pyridine rings is 1. The van der Waals surface area contributed by atoms with Crippen LogP contribution in [0.15, 0.2) is 47.1 Å². The van der Waals surface area contributed by atoms with Gasteiger partial charge in [0.05, 0.1) is 23.0 Å². The zero-order chi connectivity index (χ0) is 19.5. The molecule has 1 amide bonds. The quantitative estimate of drug-likeness (QED) is 0.380. The minimum atomic E-state index is -0.164. The summed E-state index contributed by atoms with van der Waals surface area (Å²) in [6.45, 7) is 4.14. The number of hydrogen-bond donors (Lipinski definition) is 1. The molecule has 0 aromatic carbocycles. The van der Waals surface area contributed by atoms with E-state index in [0.29, 0.717) is 17.4 Å². The lowest BCUT2D eigenvalue weighted by Crippen LogP contribution is -2.24. The Bertz CT molecular complexity index is 1090. The monoisotopic (exact) mass is 412 g/mol. The highest BCUT2D eigenvalue weighted by Gasteiger charge is 2.22. The van der Waals surface area contributed by atoms with E-state index >= 15 is 0 Å². The highest BCUT2D eigenvalue weighted by molar-refractivity contribution is 7.99. The van der Waals surface area contributed by atoms with Gasteiger partial charge in [0, 0.05) is 17.6 Å². The molecule has 8 heteroatoms. The van der Waals surface area contributed by atoms with Crippen LogP contribution >= 0.6 is 23.1 Å². The van der Waals surface area contributed by atoms with Gasteiger partial charge in [-0.1, -0.05) is 17.8 Å². The SMILES string of the molecule is C=CCn1c(SCC(=O)Nc2cccnc2)nc2sc3c(c2c1=O)CCCC3. The van der Waals surface area contributed by atoms with Crippen molar-refractivity contribution in [3.8, 4) is 0 Å². The van der Waals surface area contributed by atoms with E-state index in [1.165, 1.54) is 22.2 Å². The Morgan fingerprint density at radius 3 is 3.04 bits per heavy atom. The van der Waals surface area contributed by atoms with E-state index in [9.17, 15) is 9.59 Å². The number of nitrogens with zero attached hydrogens (tertiary/aromatic N) is 3. The number of hydrogen-bond acceptors (Lipinski definition) is 6. The zero-order valence-corrected chi connectivity index (χ0v) is 16.9. The van der Waals surface area contributed by atoms with E-state index < -0.39 is 0 Å². The minimum absolute atomic E-state index is 0.0283. The molecule has 0 atom stereocenters. The molecule has 144 valence electrons. The van der Waals surface area contributed by atoms with Crippen molar-refractivity contribution in [3.05, 3.63) is 58.0 Å². The Hall–Kier alpha value is -2.45. The van der Waals surface area contributed by atoms with E-state index in [4.69, 9.17) is 4.98 Å². The molecule has 4 rings (SSSR count). The topological polar surface area (TPSA) is 76.9 Å². The smallest absolute Gasteiger partial charge is 0.263 e. The molecule has 0 saturated carbocycles. The molecule has 1 N–H and O–H groups in total. The first-order valence-electron chi connectivity index (χ1n) is 9.16. The van der Waals surface area contributed by atoms with Crippen LogP contribution in [0.4, 0.5) is 5.69 Å². The van der Waals surface area contributed by atoms with Crippen molar-refractivity contribution in [2.45, 2.75) is 37.4 Å². The molecule has 0 spiro atoms. The number of amides is 1. The summed E-state index contributed by atoms with van der Waals surface area (Å²) in [4.78, 5) is 36.2. The van der Waals surface area contributed by atoms with Crippen LogP contribution in [0, 0.1) is 0 Å². The van der Waals surface area contributed by atoms with E-state index in [1.54, 1.807) is 46.5 Å². The maximum absolute atomic E-state index is 13.2. The molecule has 0 radical (unpaired) electrons. The molecule has 6 nitrogen and oxygen atoms in total. The van der Waals surface area contributed by atoms with Gasteiger partial charge in [-0.2, -0.15) is 0 Å². The Morgan fingerprint density at radius 1 is 1.39 bits per heavy atom. The van der Waals surface area contributed by atoms with Crippen LogP contribution in [-0.2, 0) is 24.2 Å². The van der Waals surface area contributed by atoms with Gasteiger partial charge >= 0.3 is 0 Å². The number of thiophene rings is 1. The first kappa shape index (κ1) is 18.9. The summed E-state index contributed by atoms with van der Waals surface area (Å²) in [7, 11) is 0. The van der Waals surface area contributed by atoms with Crippen molar-refractivity contribution in [3.63, 3.8) is 0 Å². The molecule has 0 unspecified atom stereocenters. The molecule has 1 aliphatic carbocycles. The molecule has 3 heterocycles. The lowest BCUT2D eigenvalue weighted by molar-refractivity contribution is -0.113. The lowest BCUT2D eigenvalue weighted by atomic mass is 9.97. The molecule has 28 heavy (non-hydrogen) atoms. The number of fused-ring (bicyclic) bond motifs is 3. The maximum Gasteiger partial charge on any atom is 0.263 e. The van der Waals surface area contributed by atoms with Gasteiger partial charge < -0.3 is 5.32 Å². The van der Waals surface area contributed by atoms with Crippen LogP contribution in [0.1, 0.15) is 23.3 Å². The fraction of sp³-hybridized carbons (Fsp3) is 0.300. The Kier molecular flexibility index (Phi) is 5.59. The van der Waals surface area contributed by atoms with Gasteiger partial charge in [0.15, 0.2) is 5.16 Å². The van der Waals surface area contributed by atoms with Crippen molar-refractivity contribution in [2.24, 2.45) is 0 Å². The van der Waals surface area contributed by atoms with Crippen LogP contribution in [-0.4, -0.2) is 26.2 Å². The maximum atomic E-state index is 13.2. The summed E-state index contributed by atoms with van der Waals surface area (Å²) in [5.41, 5.74) is 1.79. The third-order valence-electron chi connectivity index (χ3n) is 4.63. The number of carbonyl (C=O) groups excluding carboxylic acids is 1. The van der Waals surface area contributed by atoms with Crippen molar-refractivity contribution in [1.29, 1.82) is 0 Å². The third-order valence-corrected chi connectivity index (χ3v) is 6.79. The summed E-state index contributed by atoms with van der Waals surface area (Å²) in [5.74, 6) is -0.00213. The van der Waals surface area contributed by atoms with Crippen LogP contribution in [0.2, 0.25) is 0 Å². The Labute approximate surface area is 170 Å². The summed E-state index contributed by atoms with van der Waals surface area (Å²) in [5, 5.41) is 4.11. The number of aromatic nitrogens is 3. The van der Waals surface area contributed by atoms with Gasteiger partial charge in [-0.05, 0) is 43.4 Å². The predicted octanol–water partition coefficient (Wildman–Crippen LogP) is 3.65. The second-order valence-corrected chi connectivity index (χ2v) is 8.59. The van der Waals surface area contributed by atoms with Gasteiger partial charge in [-0.25, -0.2) is 4.98 Å². The first-order valence-corrected chi connectivity index (χ1v) is 11.0. The minimum Gasteiger partial charge on any atom is -0.324 e. The third kappa shape index (κ3) is 3.74. The summed E-state index contributed by atoms with van der Waals surface area (Å²) in [6.07, 6.45) is 9.18. The van der Waals surface area contributed by atoms with Crippen molar-refractivity contribution in [2.75, 3.05) is 11.1 Å². The second-order valence-electron chi connectivity index (χ2n) is 6.57. The van der Waals surface area contributed by atoms with Crippen molar-refractivity contribution in [1.82, 2.24) is 14.5 Å². The fourth-order valence-corrected chi connectivity index (χ4v) is 5.50. The molecule has 0 fully saturated rings. The van der Waals surface area contributed by atoms with Gasteiger partial charge in [-0.15, -0.1) is 17.9 Å². The van der Waals surface area contributed by atoms with Gasteiger partial charge in [0.1, 0.15) is 4.83 Å². The number of thioether (sulfide) groups is 1. The highest BCUT2D eigenvalue weighted by atomic mass is 32.2. The van der Waals surface area contributed by atoms with Crippen molar-refractivity contribution >= 4 is 44.9 Å². The van der Waals surface area contributed by atoms with Gasteiger partial charge in [0.2, 0.25) is 5.91 Å². The molecular weight excluding hydrogens is 392 g/mol. The molecule has 0 saturated heterocycles. The van der Waals surface area contributed by atoms with E-state index in [1.807, 2.05) is 0 Å². The number of anilines is 1. The molecule has 0 bridgehead atoms. The van der Waals surface area contributed by atoms with Crippen LogP contribution < -0.4 is 10.9 Å². The number of allylic oxidation sites excluding steroid dienone is 1. The normalized spacial score (nSPS) is 13.3. The summed E-state index contributed by atoms with van der Waals surface area (Å²) < 4.78 is 1.62. The van der Waals surface area contributed by atoms with Crippen LogP contribution in [0.5, 0.6) is 0 Å². The number of rotatable bonds is 6. The second kappa shape index (κ2) is 8.28. The predicted molar refractivity (Wildman–Crippen MR) is 114 cm³/mol. The number of aryl methyl sites for hydroxylation is 2. The fourth-order valence-electron chi connectivity index (χ4n) is 3.38. The molecular formula is C20H20N4O2S2. The largest absolute Gasteiger partial charge is 0.324 e. The van der Waals surface area contributed by atoms with Gasteiger partial charge in [0.25, 0.3) is 5.56 Å². The Balaban J connectivity index is 1.62. The Morgan fingerprint density at radius 2 is 2.25 bits per heavy atom. The zero-order valence-electron chi connectivity index (χ0n) is 15.3. The molecule has 3 aromatic rings. The molecule has 0 aliphatic heterocycles. The average Bonchev–Trinajstić information content (AvgIpc) is 3.08. The summed E-state index contributed by atoms with van der Waals surface area (Å²) in [6, 6.07) is 3.54. The number of nitrogens with one attached hydrogen (secondary N) is 1. The first-order chi connectivity index (χ1) is 13.7. The average molecular weight is 413 g/mol. The van der Waals surface area contributed by atoms with Gasteiger partial charge in [-0.3, -0.25) is 19.1 Å². The molecule has 3 aromatic heterocycles. The molecule has 1 aliphatic rings. The van der Waals surface area contributed by atoms with Crippen LogP contribution in [0.3, 0.4) is 0 Å². The standard InChI is InChI=1S/C20H20N4O2S2/c1-2-10-24-19(26)17-14-7-3-4-8-15(14)28-18(17)23-20(24)27-12-16(25)22-13-6-5-9-21-11-13/h2,5-6,9,11H,1,3-4,7-8,10,12H2,(H,22,25). The van der Waals surface area contributed by atoms with E-state index in [2.05, 4.69) is 16.9 Å². The van der Waals surface area contributed by atoms with Crippen LogP contribution in [0.25, 0.3) is 10.2 Å². The number of carbonyl (C=O) groups is 1.